The number of nitrogens with one attached hydrogen (secondary N) is 1. The number of piperidine rings is 1. The van der Waals surface area contributed by atoms with Gasteiger partial charge in [0, 0.05) is 24.5 Å². The minimum Gasteiger partial charge on any atom is -0.341 e. The second kappa shape index (κ2) is 8.30. The molecule has 6 nitrogen and oxygen atoms in total. The van der Waals surface area contributed by atoms with Gasteiger partial charge in [0.25, 0.3) is 0 Å². The Hall–Kier alpha value is -1.74. The maximum absolute atomic E-state index is 13.0. The number of thiophene rings is 1. The number of primary sulfonamides is 1. The topological polar surface area (TPSA) is 92.5 Å². The van der Waals surface area contributed by atoms with E-state index in [2.05, 4.69) is 5.32 Å². The Labute approximate surface area is 158 Å². The number of sulfonamides is 1. The van der Waals surface area contributed by atoms with Crippen LogP contribution in [0.2, 0.25) is 0 Å². The van der Waals surface area contributed by atoms with Crippen LogP contribution in [0.4, 0.5) is 0 Å². The van der Waals surface area contributed by atoms with Crippen molar-refractivity contribution in [2.45, 2.75) is 36.1 Å². The summed E-state index contributed by atoms with van der Waals surface area (Å²) in [6, 6.07) is 12.4. The Kier molecular flexibility index (Phi) is 6.08. The highest BCUT2D eigenvalue weighted by Gasteiger charge is 2.26. The molecule has 2 aromatic rings. The van der Waals surface area contributed by atoms with E-state index in [1.807, 2.05) is 35.2 Å². The highest BCUT2D eigenvalue weighted by Crippen LogP contribution is 2.23. The van der Waals surface area contributed by atoms with E-state index in [1.165, 1.54) is 12.5 Å². The average Bonchev–Trinajstić information content (AvgIpc) is 3.13. The third-order valence-corrected chi connectivity index (χ3v) is 6.97. The summed E-state index contributed by atoms with van der Waals surface area (Å²) in [5.74, 6) is 0.0686. The molecule has 140 valence electrons. The monoisotopic (exact) mass is 393 g/mol. The number of nitrogens with two attached hydrogens (primary N) is 1. The average molecular weight is 394 g/mol. The SMILES string of the molecule is NS(=O)(=O)c1ccc(CNC(C(=O)N2CCCCC2)c2ccccc2)s1. The van der Waals surface area contributed by atoms with Gasteiger partial charge in [0.2, 0.25) is 15.9 Å². The van der Waals surface area contributed by atoms with Gasteiger partial charge in [-0.25, -0.2) is 13.6 Å². The summed E-state index contributed by atoms with van der Waals surface area (Å²) in [6.07, 6.45) is 3.24. The first-order valence-corrected chi connectivity index (χ1v) is 11.0. The molecule has 1 amide bonds. The maximum atomic E-state index is 13.0. The molecule has 1 aromatic heterocycles. The molecule has 0 spiro atoms. The molecule has 0 saturated carbocycles. The summed E-state index contributed by atoms with van der Waals surface area (Å²) in [5, 5.41) is 8.46. The molecular formula is C18H23N3O3S2. The predicted octanol–water partition coefficient (Wildman–Crippen LogP) is 2.24. The first kappa shape index (κ1) is 19.0. The fourth-order valence-corrected chi connectivity index (χ4v) is 4.83. The van der Waals surface area contributed by atoms with E-state index in [4.69, 9.17) is 5.14 Å². The van der Waals surface area contributed by atoms with Crippen LogP contribution < -0.4 is 10.5 Å². The van der Waals surface area contributed by atoms with Crippen LogP contribution in [-0.4, -0.2) is 32.3 Å². The normalized spacial score (nSPS) is 16.4. The Morgan fingerprint density at radius 1 is 1.12 bits per heavy atom. The number of hydrogen-bond acceptors (Lipinski definition) is 5. The molecule has 0 radical (unpaired) electrons. The van der Waals surface area contributed by atoms with E-state index in [9.17, 15) is 13.2 Å². The lowest BCUT2D eigenvalue weighted by molar-refractivity contribution is -0.134. The van der Waals surface area contributed by atoms with E-state index in [0.29, 0.717) is 6.54 Å². The van der Waals surface area contributed by atoms with Gasteiger partial charge in [-0.15, -0.1) is 11.3 Å². The quantitative estimate of drug-likeness (QED) is 0.787. The minimum atomic E-state index is -3.69. The smallest absolute Gasteiger partial charge is 0.247 e. The summed E-state index contributed by atoms with van der Waals surface area (Å²) in [6.45, 7) is 1.98. The van der Waals surface area contributed by atoms with Crippen LogP contribution >= 0.6 is 11.3 Å². The molecule has 1 unspecified atom stereocenters. The molecule has 1 aliphatic heterocycles. The lowest BCUT2D eigenvalue weighted by atomic mass is 10.0. The molecule has 1 saturated heterocycles. The van der Waals surface area contributed by atoms with Gasteiger partial charge in [0.15, 0.2) is 0 Å². The van der Waals surface area contributed by atoms with Crippen LogP contribution in [0.25, 0.3) is 0 Å². The summed E-state index contributed by atoms with van der Waals surface area (Å²) in [4.78, 5) is 15.8. The third kappa shape index (κ3) is 4.70. The number of likely N-dealkylation sites (tertiary alicyclic amines) is 1. The van der Waals surface area contributed by atoms with E-state index in [0.717, 1.165) is 47.7 Å². The highest BCUT2D eigenvalue weighted by molar-refractivity contribution is 7.91. The van der Waals surface area contributed by atoms with Gasteiger partial charge >= 0.3 is 0 Å². The number of nitrogens with zero attached hydrogens (tertiary/aromatic N) is 1. The van der Waals surface area contributed by atoms with Crippen LogP contribution in [0.5, 0.6) is 0 Å². The molecule has 26 heavy (non-hydrogen) atoms. The number of rotatable bonds is 6. The zero-order valence-electron chi connectivity index (χ0n) is 14.4. The van der Waals surface area contributed by atoms with Crippen molar-refractivity contribution in [2.75, 3.05) is 13.1 Å². The van der Waals surface area contributed by atoms with Gasteiger partial charge in [-0.3, -0.25) is 10.1 Å². The Morgan fingerprint density at radius 2 is 1.81 bits per heavy atom. The van der Waals surface area contributed by atoms with Crippen molar-refractivity contribution in [3.05, 3.63) is 52.9 Å². The molecule has 1 aliphatic rings. The summed E-state index contributed by atoms with van der Waals surface area (Å²) >= 11 is 1.12. The van der Waals surface area contributed by atoms with Crippen molar-refractivity contribution in [3.63, 3.8) is 0 Å². The molecule has 0 aliphatic carbocycles. The molecule has 0 bridgehead atoms. The minimum absolute atomic E-state index is 0.0686. The van der Waals surface area contributed by atoms with Crippen molar-refractivity contribution < 1.29 is 13.2 Å². The van der Waals surface area contributed by atoms with Crippen molar-refractivity contribution in [1.82, 2.24) is 10.2 Å². The van der Waals surface area contributed by atoms with Gasteiger partial charge in [-0.2, -0.15) is 0 Å². The highest BCUT2D eigenvalue weighted by atomic mass is 32.2. The molecular weight excluding hydrogens is 370 g/mol. The Morgan fingerprint density at radius 3 is 2.42 bits per heavy atom. The number of amides is 1. The second-order valence-corrected chi connectivity index (χ2v) is 9.33. The van der Waals surface area contributed by atoms with Gasteiger partial charge in [-0.1, -0.05) is 30.3 Å². The van der Waals surface area contributed by atoms with E-state index >= 15 is 0 Å². The Bertz CT molecular complexity index is 844. The van der Waals surface area contributed by atoms with Crippen LogP contribution in [0.15, 0.2) is 46.7 Å². The molecule has 8 heteroatoms. The van der Waals surface area contributed by atoms with Crippen molar-refractivity contribution >= 4 is 27.3 Å². The first-order chi connectivity index (χ1) is 12.4. The van der Waals surface area contributed by atoms with Gasteiger partial charge in [0.05, 0.1) is 0 Å². The second-order valence-electron chi connectivity index (χ2n) is 6.38. The Balaban J connectivity index is 1.75. The maximum Gasteiger partial charge on any atom is 0.247 e. The van der Waals surface area contributed by atoms with Crippen LogP contribution in [0.3, 0.4) is 0 Å². The summed E-state index contributed by atoms with van der Waals surface area (Å²) in [5.41, 5.74) is 0.909. The van der Waals surface area contributed by atoms with Crippen molar-refractivity contribution in [1.29, 1.82) is 0 Å². The molecule has 3 rings (SSSR count). The van der Waals surface area contributed by atoms with E-state index in [-0.39, 0.29) is 10.1 Å². The zero-order chi connectivity index (χ0) is 18.6. The standard InChI is InChI=1S/C18H23N3O3S2/c19-26(23,24)16-10-9-15(25-16)13-20-17(14-7-3-1-4-8-14)18(22)21-11-5-2-6-12-21/h1,3-4,7-10,17,20H,2,5-6,11-13H2,(H2,19,23,24). The predicted molar refractivity (Wildman–Crippen MR) is 102 cm³/mol. The van der Waals surface area contributed by atoms with Gasteiger partial charge in [0.1, 0.15) is 10.3 Å². The fraction of sp³-hybridized carbons (Fsp3) is 0.389. The van der Waals surface area contributed by atoms with Crippen LogP contribution in [0.1, 0.15) is 35.7 Å². The molecule has 3 N–H and O–H groups in total. The van der Waals surface area contributed by atoms with Crippen molar-refractivity contribution in [3.8, 4) is 0 Å². The lowest BCUT2D eigenvalue weighted by Crippen LogP contribution is -2.43. The van der Waals surface area contributed by atoms with Crippen LogP contribution in [-0.2, 0) is 21.4 Å². The van der Waals surface area contributed by atoms with Gasteiger partial charge in [-0.05, 0) is 37.0 Å². The number of carbonyl (C=O) groups excluding carboxylic acids is 1. The van der Waals surface area contributed by atoms with E-state index in [1.54, 1.807) is 6.07 Å². The van der Waals surface area contributed by atoms with Gasteiger partial charge < -0.3 is 4.90 Å². The molecule has 1 aromatic carbocycles. The number of carbonyl (C=O) groups is 1. The van der Waals surface area contributed by atoms with Crippen molar-refractivity contribution in [2.24, 2.45) is 5.14 Å². The largest absolute Gasteiger partial charge is 0.341 e. The third-order valence-electron chi connectivity index (χ3n) is 4.45. The van der Waals surface area contributed by atoms with E-state index < -0.39 is 16.1 Å². The molecule has 1 fully saturated rings. The number of hydrogen-bond donors (Lipinski definition) is 2. The molecule has 1 atom stereocenters. The first-order valence-electron chi connectivity index (χ1n) is 8.64. The number of benzene rings is 1. The zero-order valence-corrected chi connectivity index (χ0v) is 16.1. The lowest BCUT2D eigenvalue weighted by Gasteiger charge is -2.31. The molecule has 2 heterocycles. The summed E-state index contributed by atoms with van der Waals surface area (Å²) in [7, 11) is -3.69. The summed E-state index contributed by atoms with van der Waals surface area (Å²) < 4.78 is 23.0. The fourth-order valence-electron chi connectivity index (χ4n) is 3.10. The van der Waals surface area contributed by atoms with Crippen LogP contribution in [0, 0.1) is 0 Å².